The van der Waals surface area contributed by atoms with Gasteiger partial charge in [-0.1, -0.05) is 11.6 Å². The molecule has 0 bridgehead atoms. The van der Waals surface area contributed by atoms with Crippen molar-refractivity contribution < 1.29 is 14.3 Å². The van der Waals surface area contributed by atoms with Gasteiger partial charge in [-0.05, 0) is 13.0 Å². The van der Waals surface area contributed by atoms with Crippen molar-refractivity contribution in [2.75, 3.05) is 0 Å². The van der Waals surface area contributed by atoms with Crippen molar-refractivity contribution in [2.45, 2.75) is 6.92 Å². The van der Waals surface area contributed by atoms with E-state index in [0.717, 1.165) is 5.69 Å². The molecule has 16 heavy (non-hydrogen) atoms. The highest BCUT2D eigenvalue weighted by Gasteiger charge is 2.19. The van der Waals surface area contributed by atoms with Crippen molar-refractivity contribution in [3.63, 3.8) is 0 Å². The SMILES string of the molecule is Cc1ccnc2c(Cl)c(OP(O)(O)=S)nn12. The van der Waals surface area contributed by atoms with Crippen LogP contribution in [0, 0.1) is 6.92 Å². The van der Waals surface area contributed by atoms with Gasteiger partial charge in [0.2, 0.25) is 0 Å². The second-order valence-electron chi connectivity index (χ2n) is 3.02. The molecule has 2 N–H and O–H groups in total. The first-order chi connectivity index (χ1) is 7.38. The summed E-state index contributed by atoms with van der Waals surface area (Å²) in [6, 6.07) is 1.73. The summed E-state index contributed by atoms with van der Waals surface area (Å²) in [5, 5.41) is 4.04. The summed E-state index contributed by atoms with van der Waals surface area (Å²) in [6.45, 7) is -2.04. The highest BCUT2D eigenvalue weighted by molar-refractivity contribution is 8.06. The summed E-state index contributed by atoms with van der Waals surface area (Å²) in [4.78, 5) is 22.0. The van der Waals surface area contributed by atoms with Gasteiger partial charge in [0.25, 0.3) is 5.88 Å². The molecule has 0 aliphatic carbocycles. The first-order valence-corrected chi connectivity index (χ1v) is 7.14. The van der Waals surface area contributed by atoms with E-state index in [-0.39, 0.29) is 10.9 Å². The second-order valence-corrected chi connectivity index (χ2v) is 5.99. The lowest BCUT2D eigenvalue weighted by Gasteiger charge is -2.05. The van der Waals surface area contributed by atoms with E-state index in [1.165, 1.54) is 4.52 Å². The second kappa shape index (κ2) is 3.94. The zero-order valence-corrected chi connectivity index (χ0v) is 10.5. The number of rotatable bonds is 2. The smallest absolute Gasteiger partial charge is 0.376 e. The molecule has 86 valence electrons. The Morgan fingerprint density at radius 2 is 2.25 bits per heavy atom. The summed E-state index contributed by atoms with van der Waals surface area (Å²) in [7, 11) is 0. The normalized spacial score (nSPS) is 12.0. The van der Waals surface area contributed by atoms with Gasteiger partial charge < -0.3 is 14.3 Å². The van der Waals surface area contributed by atoms with Crippen LogP contribution in [0.3, 0.4) is 0 Å². The number of aromatic nitrogens is 3. The van der Waals surface area contributed by atoms with Crippen LogP contribution in [-0.4, -0.2) is 24.4 Å². The number of fused-ring (bicyclic) bond motifs is 1. The van der Waals surface area contributed by atoms with Crippen molar-refractivity contribution >= 4 is 35.8 Å². The van der Waals surface area contributed by atoms with E-state index in [2.05, 4.69) is 21.9 Å². The Morgan fingerprint density at radius 1 is 1.56 bits per heavy atom. The van der Waals surface area contributed by atoms with Gasteiger partial charge in [0.05, 0.1) is 0 Å². The lowest BCUT2D eigenvalue weighted by molar-refractivity contribution is 0.363. The maximum absolute atomic E-state index is 9.02. The fraction of sp³-hybridized carbons (Fsp3) is 0.143. The van der Waals surface area contributed by atoms with Crippen molar-refractivity contribution in [1.82, 2.24) is 14.6 Å². The van der Waals surface area contributed by atoms with E-state index < -0.39 is 6.72 Å². The van der Waals surface area contributed by atoms with Crippen molar-refractivity contribution in [3.8, 4) is 5.88 Å². The first kappa shape index (κ1) is 11.8. The monoisotopic (exact) mass is 279 g/mol. The van der Waals surface area contributed by atoms with Crippen LogP contribution in [-0.2, 0) is 11.8 Å². The van der Waals surface area contributed by atoms with Crippen LogP contribution in [0.1, 0.15) is 5.69 Å². The molecular weight excluding hydrogens is 273 g/mol. The minimum Gasteiger partial charge on any atom is -0.402 e. The lowest BCUT2D eigenvalue weighted by Crippen LogP contribution is -1.95. The van der Waals surface area contributed by atoms with Gasteiger partial charge in [0, 0.05) is 23.7 Å². The molecule has 0 aliphatic rings. The third-order valence-corrected chi connectivity index (χ3v) is 2.79. The molecule has 2 aromatic rings. The summed E-state index contributed by atoms with van der Waals surface area (Å²) in [6.07, 6.45) is 1.57. The fourth-order valence-corrected chi connectivity index (χ4v) is 2.01. The largest absolute Gasteiger partial charge is 0.402 e. The highest BCUT2D eigenvalue weighted by Crippen LogP contribution is 2.41. The van der Waals surface area contributed by atoms with Gasteiger partial charge in [0.15, 0.2) is 5.65 Å². The Morgan fingerprint density at radius 3 is 2.81 bits per heavy atom. The number of nitrogens with zero attached hydrogens (tertiary/aromatic N) is 3. The lowest BCUT2D eigenvalue weighted by atomic mass is 10.4. The van der Waals surface area contributed by atoms with Crippen LogP contribution in [0.15, 0.2) is 12.3 Å². The predicted molar refractivity (Wildman–Crippen MR) is 62.1 cm³/mol. The molecular formula is C7H7ClN3O3PS. The van der Waals surface area contributed by atoms with Crippen LogP contribution >= 0.6 is 18.3 Å². The Hall–Kier alpha value is -0.720. The van der Waals surface area contributed by atoms with Gasteiger partial charge in [-0.25, -0.2) is 9.50 Å². The van der Waals surface area contributed by atoms with Crippen LogP contribution in [0.25, 0.3) is 5.65 Å². The number of aryl methyl sites for hydroxylation is 1. The molecule has 6 nitrogen and oxygen atoms in total. The van der Waals surface area contributed by atoms with Crippen LogP contribution < -0.4 is 4.52 Å². The number of hydrogen-bond acceptors (Lipinski definition) is 4. The summed E-state index contributed by atoms with van der Waals surface area (Å²) < 4.78 is 6.14. The average Bonchev–Trinajstić information content (AvgIpc) is 2.44. The zero-order valence-electron chi connectivity index (χ0n) is 8.03. The minimum absolute atomic E-state index is 0.0982. The van der Waals surface area contributed by atoms with Crippen molar-refractivity contribution in [1.29, 1.82) is 0 Å². The maximum Gasteiger partial charge on any atom is 0.376 e. The molecule has 0 radical (unpaired) electrons. The molecule has 9 heteroatoms. The van der Waals surface area contributed by atoms with Crippen molar-refractivity contribution in [2.24, 2.45) is 0 Å². The first-order valence-electron chi connectivity index (χ1n) is 4.13. The van der Waals surface area contributed by atoms with E-state index in [1.807, 2.05) is 0 Å². The average molecular weight is 280 g/mol. The molecule has 0 saturated heterocycles. The molecule has 0 aliphatic heterocycles. The van der Waals surface area contributed by atoms with Crippen LogP contribution in [0.2, 0.25) is 5.02 Å². The van der Waals surface area contributed by atoms with E-state index >= 15 is 0 Å². The molecule has 0 atom stereocenters. The van der Waals surface area contributed by atoms with Crippen molar-refractivity contribution in [3.05, 3.63) is 23.0 Å². The number of halogens is 1. The molecule has 0 fully saturated rings. The standard InChI is InChI=1S/C7H7ClN3O3PS/c1-4-2-3-9-6-5(8)7(10-11(4)6)14-15(12,13)16/h2-3H,1H3,(H2,12,13,16). The Kier molecular flexibility index (Phi) is 2.90. The van der Waals surface area contributed by atoms with Crippen LogP contribution in [0.5, 0.6) is 5.88 Å². The maximum atomic E-state index is 9.02. The van der Waals surface area contributed by atoms with Crippen LogP contribution in [0.4, 0.5) is 0 Å². The van der Waals surface area contributed by atoms with Gasteiger partial charge in [-0.15, -0.1) is 5.10 Å². The van der Waals surface area contributed by atoms with Gasteiger partial charge >= 0.3 is 6.72 Å². The Balaban J connectivity index is 2.61. The van der Waals surface area contributed by atoms with E-state index in [1.54, 1.807) is 19.2 Å². The van der Waals surface area contributed by atoms with Gasteiger partial charge in [0.1, 0.15) is 5.02 Å². The third-order valence-electron chi connectivity index (χ3n) is 1.83. The topological polar surface area (TPSA) is 79.9 Å². The molecule has 0 spiro atoms. The van der Waals surface area contributed by atoms with Gasteiger partial charge in [-0.3, -0.25) is 0 Å². The molecule has 0 aromatic carbocycles. The predicted octanol–water partition coefficient (Wildman–Crippen LogP) is 1.28. The quantitative estimate of drug-likeness (QED) is 0.806. The van der Waals surface area contributed by atoms with E-state index in [0.29, 0.717) is 5.65 Å². The Bertz CT molecular complexity index is 596. The zero-order chi connectivity index (χ0) is 11.9. The molecule has 0 unspecified atom stereocenters. The molecule has 2 aromatic heterocycles. The molecule has 0 saturated carbocycles. The third kappa shape index (κ3) is 2.18. The Labute approximate surface area is 101 Å². The molecule has 2 heterocycles. The molecule has 2 rings (SSSR count). The summed E-state index contributed by atoms with van der Waals surface area (Å²) in [5.74, 6) is -0.128. The minimum atomic E-state index is -3.84. The van der Waals surface area contributed by atoms with E-state index in [9.17, 15) is 0 Å². The fourth-order valence-electron chi connectivity index (χ4n) is 1.19. The number of hydrogen-bond donors (Lipinski definition) is 2. The highest BCUT2D eigenvalue weighted by atomic mass is 35.5. The van der Waals surface area contributed by atoms with Gasteiger partial charge in [-0.2, -0.15) is 0 Å². The summed E-state index contributed by atoms with van der Waals surface area (Å²) in [5.41, 5.74) is 1.16. The summed E-state index contributed by atoms with van der Waals surface area (Å²) >= 11 is 10.2. The molecule has 0 amide bonds. The van der Waals surface area contributed by atoms with E-state index in [4.69, 9.17) is 25.9 Å².